The van der Waals surface area contributed by atoms with Gasteiger partial charge in [0.2, 0.25) is 0 Å². The summed E-state index contributed by atoms with van der Waals surface area (Å²) in [7, 11) is 0. The third kappa shape index (κ3) is 1.88. The Hall–Kier alpha value is -0.840. The molecule has 3 fully saturated rings. The van der Waals surface area contributed by atoms with Crippen molar-refractivity contribution in [1.82, 2.24) is 5.32 Å². The summed E-state index contributed by atoms with van der Waals surface area (Å²) < 4.78 is 13.8. The molecule has 1 aromatic rings. The minimum absolute atomic E-state index is 0. The molecule has 3 aliphatic rings. The third-order valence-corrected chi connectivity index (χ3v) is 4.17. The lowest BCUT2D eigenvalue weighted by Gasteiger charge is -2.33. The van der Waals surface area contributed by atoms with Gasteiger partial charge in [0, 0.05) is 17.1 Å². The molecule has 1 saturated carbocycles. The second kappa shape index (κ2) is 4.37. The molecule has 5 heteroatoms. The van der Waals surface area contributed by atoms with Crippen LogP contribution in [-0.4, -0.2) is 16.7 Å². The smallest absolute Gasteiger partial charge is 0.151 e. The van der Waals surface area contributed by atoms with Gasteiger partial charge in [0.1, 0.15) is 0 Å². The van der Waals surface area contributed by atoms with Crippen molar-refractivity contribution in [3.8, 4) is 0 Å². The summed E-state index contributed by atoms with van der Waals surface area (Å²) in [6.45, 7) is 2.14. The predicted octanol–water partition coefficient (Wildman–Crippen LogP) is 2.00. The molecule has 3 nitrogen and oxygen atoms in total. The molecule has 1 aromatic carbocycles. The van der Waals surface area contributed by atoms with E-state index < -0.39 is 11.9 Å². The van der Waals surface area contributed by atoms with Crippen molar-refractivity contribution in [3.63, 3.8) is 0 Å². The minimum Gasteiger partial charge on any atom is -0.396 e. The Labute approximate surface area is 112 Å². The van der Waals surface area contributed by atoms with Crippen LogP contribution >= 0.6 is 12.4 Å². The van der Waals surface area contributed by atoms with Crippen LogP contribution in [0.4, 0.5) is 10.1 Å². The van der Waals surface area contributed by atoms with Gasteiger partial charge in [0.05, 0.1) is 11.8 Å². The number of benzene rings is 1. The van der Waals surface area contributed by atoms with Gasteiger partial charge in [-0.1, -0.05) is 12.1 Å². The second-order valence-electron chi connectivity index (χ2n) is 5.59. The van der Waals surface area contributed by atoms with Crippen LogP contribution in [0.3, 0.4) is 0 Å². The standard InChI is InChI=1S/C13H17FN2O.ClH/c1-13-5-7(6-13)11(16-13)12(17)8-3-2-4-9(15)10(8)14;/h2-4,7,11-12,16-17H,5-6,15H2,1H3;1H/t7?,11?,12-,13?;/m1./s1. The lowest BCUT2D eigenvalue weighted by Crippen LogP contribution is -2.40. The van der Waals surface area contributed by atoms with Crippen LogP contribution in [0, 0.1) is 11.7 Å². The van der Waals surface area contributed by atoms with E-state index in [1.54, 1.807) is 12.1 Å². The van der Waals surface area contributed by atoms with Gasteiger partial charge in [-0.15, -0.1) is 12.4 Å². The number of hydrogen-bond donors (Lipinski definition) is 3. The maximum absolute atomic E-state index is 13.8. The van der Waals surface area contributed by atoms with Crippen LogP contribution in [0.1, 0.15) is 31.4 Å². The number of rotatable bonds is 2. The molecule has 4 N–H and O–H groups in total. The van der Waals surface area contributed by atoms with Gasteiger partial charge in [-0.2, -0.15) is 0 Å². The maximum atomic E-state index is 13.8. The van der Waals surface area contributed by atoms with E-state index in [1.165, 1.54) is 6.07 Å². The summed E-state index contributed by atoms with van der Waals surface area (Å²) in [5, 5.41) is 13.7. The molecule has 0 aromatic heterocycles. The molecule has 2 aliphatic heterocycles. The Kier molecular flexibility index (Phi) is 3.30. The van der Waals surface area contributed by atoms with E-state index in [9.17, 15) is 9.50 Å². The zero-order chi connectivity index (χ0) is 12.2. The molecule has 18 heavy (non-hydrogen) atoms. The predicted molar refractivity (Wildman–Crippen MR) is 71.1 cm³/mol. The van der Waals surface area contributed by atoms with Gasteiger partial charge in [-0.05, 0) is 31.7 Å². The van der Waals surface area contributed by atoms with Gasteiger partial charge in [-0.3, -0.25) is 0 Å². The van der Waals surface area contributed by atoms with Crippen molar-refractivity contribution in [2.45, 2.75) is 37.5 Å². The number of aliphatic hydroxyl groups excluding tert-OH is 1. The number of nitrogens with one attached hydrogen (secondary N) is 1. The molecule has 100 valence electrons. The molecule has 4 rings (SSSR count). The van der Waals surface area contributed by atoms with Crippen molar-refractivity contribution < 1.29 is 9.50 Å². The average Bonchev–Trinajstić information content (AvgIpc) is 2.74. The summed E-state index contributed by atoms with van der Waals surface area (Å²) in [5.74, 6) is -0.0353. The molecule has 0 amide bonds. The maximum Gasteiger partial charge on any atom is 0.151 e. The van der Waals surface area contributed by atoms with Crippen LogP contribution in [-0.2, 0) is 0 Å². The Bertz CT molecular complexity index is 462. The van der Waals surface area contributed by atoms with E-state index in [4.69, 9.17) is 5.73 Å². The summed E-state index contributed by atoms with van der Waals surface area (Å²) in [6.07, 6.45) is 1.32. The number of anilines is 1. The topological polar surface area (TPSA) is 58.3 Å². The highest BCUT2D eigenvalue weighted by Crippen LogP contribution is 2.50. The number of fused-ring (bicyclic) bond motifs is 1. The van der Waals surface area contributed by atoms with E-state index in [-0.39, 0.29) is 29.7 Å². The lowest BCUT2D eigenvalue weighted by atomic mass is 9.72. The summed E-state index contributed by atoms with van der Waals surface area (Å²) in [4.78, 5) is 0. The first-order chi connectivity index (χ1) is 8.00. The fourth-order valence-corrected chi connectivity index (χ4v) is 3.32. The first-order valence-electron chi connectivity index (χ1n) is 6.00. The van der Waals surface area contributed by atoms with Crippen LogP contribution < -0.4 is 11.1 Å². The fraction of sp³-hybridized carbons (Fsp3) is 0.538. The van der Waals surface area contributed by atoms with Crippen molar-refractivity contribution in [2.24, 2.45) is 5.92 Å². The van der Waals surface area contributed by atoms with Gasteiger partial charge < -0.3 is 16.2 Å². The average molecular weight is 273 g/mol. The summed E-state index contributed by atoms with van der Waals surface area (Å²) >= 11 is 0. The Morgan fingerprint density at radius 1 is 1.50 bits per heavy atom. The quantitative estimate of drug-likeness (QED) is 0.722. The van der Waals surface area contributed by atoms with E-state index in [2.05, 4.69) is 12.2 Å². The molecule has 2 bridgehead atoms. The van der Waals surface area contributed by atoms with Gasteiger partial charge in [0.15, 0.2) is 5.82 Å². The van der Waals surface area contributed by atoms with Crippen LogP contribution in [0.15, 0.2) is 18.2 Å². The van der Waals surface area contributed by atoms with E-state index in [0.717, 1.165) is 12.8 Å². The second-order valence-corrected chi connectivity index (χ2v) is 5.59. The molecular weight excluding hydrogens is 255 g/mol. The first kappa shape index (κ1) is 13.6. The van der Waals surface area contributed by atoms with Gasteiger partial charge in [0.25, 0.3) is 0 Å². The first-order valence-corrected chi connectivity index (χ1v) is 6.00. The number of halogens is 2. The molecule has 2 atom stereocenters. The molecule has 0 radical (unpaired) electrons. The van der Waals surface area contributed by atoms with Gasteiger partial charge >= 0.3 is 0 Å². The Balaban J connectivity index is 0.00000120. The number of aliphatic hydroxyl groups is 1. The Morgan fingerprint density at radius 3 is 2.72 bits per heavy atom. The number of hydrogen-bond acceptors (Lipinski definition) is 3. The van der Waals surface area contributed by atoms with Crippen LogP contribution in [0.25, 0.3) is 0 Å². The SMILES string of the molecule is CC12CC(C1)C([C@H](O)c1cccc(N)c1F)N2.Cl. The Morgan fingerprint density at radius 2 is 2.17 bits per heavy atom. The molecular formula is C13H18ClFN2O. The lowest BCUT2D eigenvalue weighted by molar-refractivity contribution is 0.118. The molecule has 2 heterocycles. The number of nitrogens with two attached hydrogens (primary N) is 1. The van der Waals surface area contributed by atoms with Crippen molar-refractivity contribution in [3.05, 3.63) is 29.6 Å². The summed E-state index contributed by atoms with van der Waals surface area (Å²) in [6, 6.07) is 4.75. The van der Waals surface area contributed by atoms with E-state index in [0.29, 0.717) is 11.5 Å². The zero-order valence-electron chi connectivity index (χ0n) is 10.2. The molecule has 0 spiro atoms. The fourth-order valence-electron chi connectivity index (χ4n) is 3.32. The molecule has 1 unspecified atom stereocenters. The normalized spacial score (nSPS) is 34.6. The highest BCUT2D eigenvalue weighted by molar-refractivity contribution is 5.85. The van der Waals surface area contributed by atoms with Crippen LogP contribution in [0.5, 0.6) is 0 Å². The number of nitrogen functional groups attached to an aromatic ring is 1. The summed E-state index contributed by atoms with van der Waals surface area (Å²) in [5.41, 5.74) is 6.07. The van der Waals surface area contributed by atoms with Crippen molar-refractivity contribution >= 4 is 18.1 Å². The highest BCUT2D eigenvalue weighted by atomic mass is 35.5. The van der Waals surface area contributed by atoms with Crippen molar-refractivity contribution in [2.75, 3.05) is 5.73 Å². The third-order valence-electron chi connectivity index (χ3n) is 4.17. The van der Waals surface area contributed by atoms with Gasteiger partial charge in [-0.25, -0.2) is 4.39 Å². The van der Waals surface area contributed by atoms with E-state index in [1.807, 2.05) is 0 Å². The monoisotopic (exact) mass is 272 g/mol. The van der Waals surface area contributed by atoms with E-state index >= 15 is 0 Å². The zero-order valence-corrected chi connectivity index (χ0v) is 11.0. The largest absolute Gasteiger partial charge is 0.396 e. The molecule has 1 aliphatic carbocycles. The van der Waals surface area contributed by atoms with Crippen LogP contribution in [0.2, 0.25) is 0 Å². The minimum atomic E-state index is -0.812. The molecule has 2 saturated heterocycles. The van der Waals surface area contributed by atoms with Crippen molar-refractivity contribution in [1.29, 1.82) is 0 Å². The highest BCUT2D eigenvalue weighted by Gasteiger charge is 2.54.